The molecule has 0 aliphatic rings. The summed E-state index contributed by atoms with van der Waals surface area (Å²) in [6, 6.07) is 28.1. The summed E-state index contributed by atoms with van der Waals surface area (Å²) < 4.78 is 5.95. The molecule has 0 aliphatic heterocycles. The summed E-state index contributed by atoms with van der Waals surface area (Å²) in [5.74, 6) is 0.117. The average Bonchev–Trinajstić information content (AvgIpc) is 2.84. The molecule has 0 bridgehead atoms. The fraction of sp³-hybridized carbons (Fsp3) is 0.0370. The Morgan fingerprint density at radius 3 is 2.52 bits per heavy atom. The van der Waals surface area contributed by atoms with Gasteiger partial charge in [0.2, 0.25) is 0 Å². The third-order valence-corrected chi connectivity index (χ3v) is 5.57. The van der Waals surface area contributed by atoms with E-state index < -0.39 is 5.91 Å². The molecule has 33 heavy (non-hydrogen) atoms. The van der Waals surface area contributed by atoms with Crippen molar-refractivity contribution in [3.8, 4) is 11.8 Å². The average molecular weight is 473 g/mol. The molecule has 0 atom stereocenters. The molecule has 4 rings (SSSR count). The topological polar surface area (TPSA) is 62.1 Å². The number of hydrogen-bond donors (Lipinski definition) is 1. The van der Waals surface area contributed by atoms with Crippen molar-refractivity contribution in [1.82, 2.24) is 0 Å². The van der Waals surface area contributed by atoms with E-state index in [1.807, 2.05) is 30.3 Å². The van der Waals surface area contributed by atoms with E-state index in [0.29, 0.717) is 33.7 Å². The number of nitrogens with one attached hydrogen (secondary N) is 1. The lowest BCUT2D eigenvalue weighted by Crippen LogP contribution is -2.13. The standard InChI is InChI=1S/C27H18Cl2N2O2/c28-22-10-13-25(29)26(15-22)31-27(32)21(16-30)14-18-8-11-23(12-9-18)33-17-20-6-3-5-19-4-1-2-7-24(19)20/h1-15H,17H2,(H,31,32). The van der Waals surface area contributed by atoms with Gasteiger partial charge in [0.25, 0.3) is 5.91 Å². The van der Waals surface area contributed by atoms with Crippen molar-refractivity contribution in [2.45, 2.75) is 6.61 Å². The second-order valence-electron chi connectivity index (χ2n) is 7.24. The number of nitriles is 1. The monoisotopic (exact) mass is 472 g/mol. The van der Waals surface area contributed by atoms with Crippen LogP contribution < -0.4 is 10.1 Å². The third-order valence-electron chi connectivity index (χ3n) is 5.01. The fourth-order valence-electron chi connectivity index (χ4n) is 3.34. The van der Waals surface area contributed by atoms with Gasteiger partial charge < -0.3 is 10.1 Å². The van der Waals surface area contributed by atoms with Crippen molar-refractivity contribution in [2.75, 3.05) is 5.32 Å². The second-order valence-corrected chi connectivity index (χ2v) is 8.09. The zero-order valence-electron chi connectivity index (χ0n) is 17.4. The van der Waals surface area contributed by atoms with Crippen LogP contribution in [0.2, 0.25) is 10.0 Å². The normalized spacial score (nSPS) is 11.1. The lowest BCUT2D eigenvalue weighted by Gasteiger charge is -2.09. The Hall–Kier alpha value is -3.78. The number of nitrogens with zero attached hydrogens (tertiary/aromatic N) is 1. The molecule has 0 heterocycles. The molecule has 6 heteroatoms. The van der Waals surface area contributed by atoms with Crippen LogP contribution in [0.25, 0.3) is 16.8 Å². The summed E-state index contributed by atoms with van der Waals surface area (Å²) in [4.78, 5) is 12.5. The maximum Gasteiger partial charge on any atom is 0.266 e. The molecule has 162 valence electrons. The molecule has 0 fully saturated rings. The van der Waals surface area contributed by atoms with Crippen molar-refractivity contribution in [1.29, 1.82) is 5.26 Å². The minimum absolute atomic E-state index is 0.0598. The van der Waals surface area contributed by atoms with Crippen LogP contribution in [0.15, 0.2) is 90.5 Å². The number of ether oxygens (including phenoxy) is 1. The summed E-state index contributed by atoms with van der Waals surface area (Å²) in [7, 11) is 0. The number of halogens is 2. The Labute approximate surface area is 201 Å². The van der Waals surface area contributed by atoms with Crippen molar-refractivity contribution in [2.24, 2.45) is 0 Å². The van der Waals surface area contributed by atoms with E-state index in [1.165, 1.54) is 17.5 Å². The molecule has 0 saturated heterocycles. The van der Waals surface area contributed by atoms with Crippen LogP contribution >= 0.6 is 23.2 Å². The first-order valence-electron chi connectivity index (χ1n) is 10.1. The zero-order valence-corrected chi connectivity index (χ0v) is 18.9. The van der Waals surface area contributed by atoms with Crippen molar-refractivity contribution in [3.05, 3.63) is 112 Å². The number of amides is 1. The Morgan fingerprint density at radius 2 is 1.73 bits per heavy atom. The van der Waals surface area contributed by atoms with Gasteiger partial charge in [-0.25, -0.2) is 0 Å². The largest absolute Gasteiger partial charge is 0.489 e. The molecule has 4 aromatic rings. The zero-order chi connectivity index (χ0) is 23.2. The first kappa shape index (κ1) is 22.4. The summed E-state index contributed by atoms with van der Waals surface area (Å²) in [6.45, 7) is 0.433. The van der Waals surface area contributed by atoms with Crippen molar-refractivity contribution < 1.29 is 9.53 Å². The highest BCUT2D eigenvalue weighted by molar-refractivity contribution is 6.36. The Morgan fingerprint density at radius 1 is 0.970 bits per heavy atom. The summed E-state index contributed by atoms with van der Waals surface area (Å²) in [5, 5.41) is 15.1. The van der Waals surface area contributed by atoms with Gasteiger partial charge in [-0.05, 0) is 58.3 Å². The molecule has 0 aliphatic carbocycles. The maximum atomic E-state index is 12.5. The molecular weight excluding hydrogens is 455 g/mol. The first-order chi connectivity index (χ1) is 16.0. The number of carbonyl (C=O) groups is 1. The van der Waals surface area contributed by atoms with Crippen LogP contribution in [0.4, 0.5) is 5.69 Å². The Kier molecular flexibility index (Phi) is 6.95. The van der Waals surface area contributed by atoms with Gasteiger partial charge in [-0.3, -0.25) is 4.79 Å². The van der Waals surface area contributed by atoms with E-state index in [0.717, 1.165) is 10.9 Å². The molecule has 0 radical (unpaired) electrons. The molecule has 4 aromatic carbocycles. The van der Waals surface area contributed by atoms with Gasteiger partial charge in [-0.1, -0.05) is 77.8 Å². The van der Waals surface area contributed by atoms with E-state index in [1.54, 1.807) is 36.4 Å². The number of fused-ring (bicyclic) bond motifs is 1. The van der Waals surface area contributed by atoms with Gasteiger partial charge in [-0.2, -0.15) is 5.26 Å². The van der Waals surface area contributed by atoms with Crippen LogP contribution in [0.1, 0.15) is 11.1 Å². The van der Waals surface area contributed by atoms with E-state index in [-0.39, 0.29) is 5.57 Å². The van der Waals surface area contributed by atoms with Crippen LogP contribution in [0.3, 0.4) is 0 Å². The van der Waals surface area contributed by atoms with Crippen LogP contribution in [0.5, 0.6) is 5.75 Å². The predicted molar refractivity (Wildman–Crippen MR) is 133 cm³/mol. The van der Waals surface area contributed by atoms with Gasteiger partial charge in [0.1, 0.15) is 24.0 Å². The van der Waals surface area contributed by atoms with Gasteiger partial charge in [-0.15, -0.1) is 0 Å². The van der Waals surface area contributed by atoms with Crippen molar-refractivity contribution >= 4 is 51.6 Å². The van der Waals surface area contributed by atoms with Gasteiger partial charge in [0.05, 0.1) is 10.7 Å². The summed E-state index contributed by atoms with van der Waals surface area (Å²) >= 11 is 12.0. The maximum absolute atomic E-state index is 12.5. The quantitative estimate of drug-likeness (QED) is 0.237. The highest BCUT2D eigenvalue weighted by atomic mass is 35.5. The number of rotatable bonds is 6. The molecule has 0 spiro atoms. The number of hydrogen-bond acceptors (Lipinski definition) is 3. The fourth-order valence-corrected chi connectivity index (χ4v) is 3.67. The molecule has 0 unspecified atom stereocenters. The van der Waals surface area contributed by atoms with E-state index in [9.17, 15) is 10.1 Å². The molecular formula is C27H18Cl2N2O2. The second kappa shape index (κ2) is 10.2. The van der Waals surface area contributed by atoms with E-state index >= 15 is 0 Å². The molecule has 0 aromatic heterocycles. The van der Waals surface area contributed by atoms with E-state index in [4.69, 9.17) is 27.9 Å². The van der Waals surface area contributed by atoms with Crippen LogP contribution in [0, 0.1) is 11.3 Å². The SMILES string of the molecule is N#CC(=Cc1ccc(OCc2cccc3ccccc23)cc1)C(=O)Nc1cc(Cl)ccc1Cl. The van der Waals surface area contributed by atoms with Gasteiger partial charge >= 0.3 is 0 Å². The summed E-state index contributed by atoms with van der Waals surface area (Å²) in [5.41, 5.74) is 2.07. The number of benzene rings is 4. The van der Waals surface area contributed by atoms with Gasteiger partial charge in [0.15, 0.2) is 0 Å². The molecule has 4 nitrogen and oxygen atoms in total. The minimum Gasteiger partial charge on any atom is -0.489 e. The lowest BCUT2D eigenvalue weighted by molar-refractivity contribution is -0.112. The smallest absolute Gasteiger partial charge is 0.266 e. The summed E-state index contributed by atoms with van der Waals surface area (Å²) in [6.07, 6.45) is 1.50. The number of anilines is 1. The highest BCUT2D eigenvalue weighted by Gasteiger charge is 2.12. The Bertz CT molecular complexity index is 1380. The molecule has 1 amide bonds. The molecule has 1 N–H and O–H groups in total. The predicted octanol–water partition coefficient (Wildman–Crippen LogP) is 7.27. The minimum atomic E-state index is -0.571. The first-order valence-corrected chi connectivity index (χ1v) is 10.9. The van der Waals surface area contributed by atoms with E-state index in [2.05, 4.69) is 23.5 Å². The molecule has 0 saturated carbocycles. The lowest BCUT2D eigenvalue weighted by atomic mass is 10.1. The van der Waals surface area contributed by atoms with Crippen LogP contribution in [-0.2, 0) is 11.4 Å². The highest BCUT2D eigenvalue weighted by Crippen LogP contribution is 2.26. The van der Waals surface area contributed by atoms with Crippen LogP contribution in [-0.4, -0.2) is 5.91 Å². The Balaban J connectivity index is 1.44. The number of carbonyl (C=O) groups excluding carboxylic acids is 1. The third kappa shape index (κ3) is 5.53. The van der Waals surface area contributed by atoms with Crippen molar-refractivity contribution in [3.63, 3.8) is 0 Å². The van der Waals surface area contributed by atoms with Gasteiger partial charge in [0, 0.05) is 5.02 Å².